The molecule has 0 saturated carbocycles. The number of aryl methyl sites for hydroxylation is 1. The number of urea groups is 1. The van der Waals surface area contributed by atoms with Gasteiger partial charge in [0.1, 0.15) is 5.75 Å². The van der Waals surface area contributed by atoms with Crippen LogP contribution in [0.3, 0.4) is 0 Å². The summed E-state index contributed by atoms with van der Waals surface area (Å²) in [4.78, 5) is 14.5. The maximum atomic E-state index is 12.6. The van der Waals surface area contributed by atoms with E-state index in [0.717, 1.165) is 43.6 Å². The van der Waals surface area contributed by atoms with Crippen LogP contribution < -0.4 is 10.1 Å². The van der Waals surface area contributed by atoms with Crippen LogP contribution in [0.15, 0.2) is 48.5 Å². The lowest BCUT2D eigenvalue weighted by atomic mass is 9.90. The Hall–Kier alpha value is -2.49. The van der Waals surface area contributed by atoms with Gasteiger partial charge in [0.25, 0.3) is 0 Å². The summed E-state index contributed by atoms with van der Waals surface area (Å²) in [6, 6.07) is 16.4. The highest BCUT2D eigenvalue weighted by molar-refractivity contribution is 5.91. The summed E-state index contributed by atoms with van der Waals surface area (Å²) in [5, 5.41) is 3.00. The standard InChI is InChI=1S/C21H26N2O2/c1-16-8-9-20(25-2)19(14-16)22-21(24)23-12-10-18(11-13-23)15-17-6-4-3-5-7-17/h3-9,14,18H,10-13,15H2,1-2H3,(H,22,24). The Balaban J connectivity index is 1.54. The van der Waals surface area contributed by atoms with Crippen LogP contribution >= 0.6 is 0 Å². The third kappa shape index (κ3) is 4.53. The number of anilines is 1. The molecule has 4 nitrogen and oxygen atoms in total. The molecule has 2 amide bonds. The van der Waals surface area contributed by atoms with Gasteiger partial charge in [-0.1, -0.05) is 36.4 Å². The second kappa shape index (κ2) is 8.06. The van der Waals surface area contributed by atoms with Crippen LogP contribution in [0.4, 0.5) is 10.5 Å². The highest BCUT2D eigenvalue weighted by Crippen LogP contribution is 2.27. The maximum absolute atomic E-state index is 12.6. The Morgan fingerprint density at radius 2 is 1.88 bits per heavy atom. The van der Waals surface area contributed by atoms with Crippen LogP contribution in [0, 0.1) is 12.8 Å². The number of amides is 2. The largest absolute Gasteiger partial charge is 0.495 e. The van der Waals surface area contributed by atoms with E-state index in [9.17, 15) is 4.79 Å². The predicted molar refractivity (Wildman–Crippen MR) is 101 cm³/mol. The van der Waals surface area contributed by atoms with Crippen molar-refractivity contribution in [1.29, 1.82) is 0 Å². The van der Waals surface area contributed by atoms with Crippen LogP contribution in [0.2, 0.25) is 0 Å². The van der Waals surface area contributed by atoms with Crippen molar-refractivity contribution in [3.05, 3.63) is 59.7 Å². The minimum Gasteiger partial charge on any atom is -0.495 e. The highest BCUT2D eigenvalue weighted by Gasteiger charge is 2.23. The molecule has 132 valence electrons. The summed E-state index contributed by atoms with van der Waals surface area (Å²) >= 11 is 0. The second-order valence-corrected chi connectivity index (χ2v) is 6.75. The molecule has 0 spiro atoms. The van der Waals surface area contributed by atoms with Crippen molar-refractivity contribution in [1.82, 2.24) is 4.90 Å². The summed E-state index contributed by atoms with van der Waals surface area (Å²) < 4.78 is 5.34. The van der Waals surface area contributed by atoms with E-state index in [1.54, 1.807) is 7.11 Å². The topological polar surface area (TPSA) is 41.6 Å². The fourth-order valence-corrected chi connectivity index (χ4v) is 3.40. The number of nitrogens with zero attached hydrogens (tertiary/aromatic N) is 1. The fourth-order valence-electron chi connectivity index (χ4n) is 3.40. The molecular weight excluding hydrogens is 312 g/mol. The normalized spacial score (nSPS) is 15.0. The van der Waals surface area contributed by atoms with E-state index >= 15 is 0 Å². The van der Waals surface area contributed by atoms with Gasteiger partial charge in [0, 0.05) is 13.1 Å². The van der Waals surface area contributed by atoms with E-state index in [0.29, 0.717) is 11.7 Å². The van der Waals surface area contributed by atoms with Gasteiger partial charge in [0.05, 0.1) is 12.8 Å². The quantitative estimate of drug-likeness (QED) is 0.892. The minimum atomic E-state index is -0.0398. The van der Waals surface area contributed by atoms with Gasteiger partial charge in [-0.15, -0.1) is 0 Å². The van der Waals surface area contributed by atoms with E-state index < -0.39 is 0 Å². The first kappa shape index (κ1) is 17.3. The van der Waals surface area contributed by atoms with Crippen LogP contribution in [0.25, 0.3) is 0 Å². The van der Waals surface area contributed by atoms with Gasteiger partial charge in [-0.05, 0) is 55.4 Å². The second-order valence-electron chi connectivity index (χ2n) is 6.75. The predicted octanol–water partition coefficient (Wildman–Crippen LogP) is 4.49. The summed E-state index contributed by atoms with van der Waals surface area (Å²) in [5.41, 5.74) is 3.21. The van der Waals surface area contributed by atoms with Gasteiger partial charge in [-0.25, -0.2) is 4.79 Å². The van der Waals surface area contributed by atoms with E-state index in [1.807, 2.05) is 30.0 Å². The summed E-state index contributed by atoms with van der Waals surface area (Å²) in [7, 11) is 1.62. The Morgan fingerprint density at radius 3 is 2.56 bits per heavy atom. The molecule has 0 aliphatic carbocycles. The first-order valence-electron chi connectivity index (χ1n) is 8.90. The first-order valence-corrected chi connectivity index (χ1v) is 8.90. The molecule has 4 heteroatoms. The zero-order valence-electron chi connectivity index (χ0n) is 15.0. The Kier molecular flexibility index (Phi) is 5.59. The number of carbonyl (C=O) groups excluding carboxylic acids is 1. The average Bonchev–Trinajstić information content (AvgIpc) is 2.63. The number of carbonyl (C=O) groups is 1. The van der Waals surface area contributed by atoms with Gasteiger partial charge in [-0.3, -0.25) is 0 Å². The number of methoxy groups -OCH3 is 1. The third-order valence-electron chi connectivity index (χ3n) is 4.87. The van der Waals surface area contributed by atoms with Crippen LogP contribution in [0.1, 0.15) is 24.0 Å². The number of ether oxygens (including phenoxy) is 1. The van der Waals surface area contributed by atoms with Crippen LogP contribution in [-0.2, 0) is 6.42 Å². The summed E-state index contributed by atoms with van der Waals surface area (Å²) in [5.74, 6) is 1.35. The lowest BCUT2D eigenvalue weighted by Crippen LogP contribution is -2.41. The average molecular weight is 338 g/mol. The maximum Gasteiger partial charge on any atom is 0.321 e. The molecule has 3 rings (SSSR count). The first-order chi connectivity index (χ1) is 12.2. The number of nitrogens with one attached hydrogen (secondary N) is 1. The lowest BCUT2D eigenvalue weighted by molar-refractivity contribution is 0.182. The third-order valence-corrected chi connectivity index (χ3v) is 4.87. The van der Waals surface area contributed by atoms with Crippen LogP contribution in [-0.4, -0.2) is 31.1 Å². The van der Waals surface area contributed by atoms with Crippen molar-refractivity contribution in [3.8, 4) is 5.75 Å². The molecule has 1 heterocycles. The SMILES string of the molecule is COc1ccc(C)cc1NC(=O)N1CCC(Cc2ccccc2)CC1. The smallest absolute Gasteiger partial charge is 0.321 e. The van der Waals surface area contributed by atoms with Crippen molar-refractivity contribution < 1.29 is 9.53 Å². The van der Waals surface area contributed by atoms with Gasteiger partial charge >= 0.3 is 6.03 Å². The molecule has 0 bridgehead atoms. The van der Waals surface area contributed by atoms with Crippen molar-refractivity contribution in [2.24, 2.45) is 5.92 Å². The molecular formula is C21H26N2O2. The van der Waals surface area contributed by atoms with Gasteiger partial charge in [-0.2, -0.15) is 0 Å². The molecule has 1 aliphatic heterocycles. The number of benzene rings is 2. The van der Waals surface area contributed by atoms with Crippen LogP contribution in [0.5, 0.6) is 5.75 Å². The lowest BCUT2D eigenvalue weighted by Gasteiger charge is -2.32. The van der Waals surface area contributed by atoms with E-state index in [1.165, 1.54) is 5.56 Å². The van der Waals surface area contributed by atoms with E-state index in [2.05, 4.69) is 35.6 Å². The van der Waals surface area contributed by atoms with Gasteiger partial charge in [0.2, 0.25) is 0 Å². The monoisotopic (exact) mass is 338 g/mol. The number of rotatable bonds is 4. The molecule has 1 aliphatic rings. The molecule has 2 aromatic rings. The van der Waals surface area contributed by atoms with Gasteiger partial charge in [0.15, 0.2) is 0 Å². The number of hydrogen-bond acceptors (Lipinski definition) is 2. The molecule has 1 saturated heterocycles. The van der Waals surface area contributed by atoms with Crippen molar-refractivity contribution in [2.45, 2.75) is 26.2 Å². The number of piperidine rings is 1. The Morgan fingerprint density at radius 1 is 1.16 bits per heavy atom. The van der Waals surface area contributed by atoms with Crippen molar-refractivity contribution in [3.63, 3.8) is 0 Å². The highest BCUT2D eigenvalue weighted by atomic mass is 16.5. The van der Waals surface area contributed by atoms with E-state index in [4.69, 9.17) is 4.74 Å². The Labute approximate surface area is 149 Å². The molecule has 0 radical (unpaired) electrons. The van der Waals surface area contributed by atoms with Crippen molar-refractivity contribution >= 4 is 11.7 Å². The fraction of sp³-hybridized carbons (Fsp3) is 0.381. The minimum absolute atomic E-state index is 0.0398. The van der Waals surface area contributed by atoms with Gasteiger partial charge < -0.3 is 15.0 Å². The van der Waals surface area contributed by atoms with E-state index in [-0.39, 0.29) is 6.03 Å². The Bertz CT molecular complexity index is 707. The zero-order valence-corrected chi connectivity index (χ0v) is 15.0. The molecule has 0 unspecified atom stereocenters. The molecule has 0 atom stereocenters. The molecule has 1 N–H and O–H groups in total. The molecule has 2 aromatic carbocycles. The summed E-state index contributed by atoms with van der Waals surface area (Å²) in [6.45, 7) is 3.61. The summed E-state index contributed by atoms with van der Waals surface area (Å²) in [6.07, 6.45) is 3.20. The molecule has 0 aromatic heterocycles. The molecule has 25 heavy (non-hydrogen) atoms. The number of likely N-dealkylation sites (tertiary alicyclic amines) is 1. The van der Waals surface area contributed by atoms with Crippen molar-refractivity contribution in [2.75, 3.05) is 25.5 Å². The molecule has 1 fully saturated rings. The number of hydrogen-bond donors (Lipinski definition) is 1. The zero-order chi connectivity index (χ0) is 17.6.